The van der Waals surface area contributed by atoms with Crippen LogP contribution in [0.25, 0.3) is 0 Å². The highest BCUT2D eigenvalue weighted by Crippen LogP contribution is 2.36. The van der Waals surface area contributed by atoms with Gasteiger partial charge in [-0.3, -0.25) is 4.79 Å². The van der Waals surface area contributed by atoms with Gasteiger partial charge in [0, 0.05) is 12.6 Å². The van der Waals surface area contributed by atoms with Gasteiger partial charge in [-0.05, 0) is 39.0 Å². The van der Waals surface area contributed by atoms with Gasteiger partial charge in [0.2, 0.25) is 5.91 Å². The van der Waals surface area contributed by atoms with Crippen LogP contribution >= 0.6 is 0 Å². The Labute approximate surface area is 99.4 Å². The lowest BCUT2D eigenvalue weighted by Crippen LogP contribution is -2.47. The predicted octanol–water partition coefficient (Wildman–Crippen LogP) is 2.07. The van der Waals surface area contributed by atoms with Crippen molar-refractivity contribution >= 4 is 5.91 Å². The minimum Gasteiger partial charge on any atom is -0.353 e. The quantitative estimate of drug-likeness (QED) is 0.753. The molecule has 0 heterocycles. The van der Waals surface area contributed by atoms with Crippen molar-refractivity contribution < 1.29 is 4.79 Å². The Hall–Kier alpha value is -0.570. The van der Waals surface area contributed by atoms with E-state index in [0.29, 0.717) is 5.41 Å². The first-order chi connectivity index (χ1) is 7.43. The van der Waals surface area contributed by atoms with Gasteiger partial charge in [-0.15, -0.1) is 0 Å². The lowest BCUT2D eigenvalue weighted by Gasteiger charge is -2.26. The predicted molar refractivity (Wildman–Crippen MR) is 67.3 cm³/mol. The summed E-state index contributed by atoms with van der Waals surface area (Å²) in [5, 5.41) is 6.29. The van der Waals surface area contributed by atoms with E-state index in [9.17, 15) is 4.79 Å². The number of carbonyl (C=O) groups is 1. The Morgan fingerprint density at radius 3 is 2.31 bits per heavy atom. The summed E-state index contributed by atoms with van der Waals surface area (Å²) >= 11 is 0. The van der Waals surface area contributed by atoms with Crippen LogP contribution in [0.3, 0.4) is 0 Å². The van der Waals surface area contributed by atoms with E-state index in [2.05, 4.69) is 17.6 Å². The normalized spacial score (nSPS) is 21.1. The molecule has 2 N–H and O–H groups in total. The topological polar surface area (TPSA) is 41.1 Å². The van der Waals surface area contributed by atoms with Gasteiger partial charge in [-0.2, -0.15) is 0 Å². The lowest BCUT2D eigenvalue weighted by atomic mass is 9.88. The minimum atomic E-state index is -0.0835. The lowest BCUT2D eigenvalue weighted by molar-refractivity contribution is -0.123. The average molecular weight is 226 g/mol. The third kappa shape index (κ3) is 4.12. The van der Waals surface area contributed by atoms with Gasteiger partial charge >= 0.3 is 0 Å². The molecule has 1 amide bonds. The van der Waals surface area contributed by atoms with E-state index in [1.807, 2.05) is 20.8 Å². The number of hydrogen-bond acceptors (Lipinski definition) is 2. The van der Waals surface area contributed by atoms with Crippen LogP contribution in [0, 0.1) is 5.41 Å². The molecule has 1 aliphatic rings. The highest BCUT2D eigenvalue weighted by molar-refractivity contribution is 5.81. The van der Waals surface area contributed by atoms with Crippen LogP contribution in [0.5, 0.6) is 0 Å². The molecule has 0 spiro atoms. The zero-order valence-corrected chi connectivity index (χ0v) is 11.1. The first kappa shape index (κ1) is 13.5. The molecule has 1 aliphatic carbocycles. The molecule has 94 valence electrons. The zero-order valence-electron chi connectivity index (χ0n) is 11.1. The van der Waals surface area contributed by atoms with E-state index in [1.54, 1.807) is 0 Å². The van der Waals surface area contributed by atoms with Gasteiger partial charge in [0.25, 0.3) is 0 Å². The number of hydrogen-bond donors (Lipinski definition) is 2. The molecule has 0 bridgehead atoms. The van der Waals surface area contributed by atoms with Crippen LogP contribution in [0.4, 0.5) is 0 Å². The van der Waals surface area contributed by atoms with Crippen molar-refractivity contribution in [3.8, 4) is 0 Å². The number of amides is 1. The van der Waals surface area contributed by atoms with Crippen molar-refractivity contribution in [1.29, 1.82) is 0 Å². The standard InChI is InChI=1S/C13H26N2O/c1-10(2)15-12(16)11(3)14-9-13(4)7-5-6-8-13/h10-11,14H,5-9H2,1-4H3,(H,15,16). The van der Waals surface area contributed by atoms with E-state index in [-0.39, 0.29) is 18.0 Å². The maximum atomic E-state index is 11.7. The maximum Gasteiger partial charge on any atom is 0.237 e. The van der Waals surface area contributed by atoms with Gasteiger partial charge < -0.3 is 10.6 Å². The Bertz CT molecular complexity index is 232. The highest BCUT2D eigenvalue weighted by Gasteiger charge is 2.29. The summed E-state index contributed by atoms with van der Waals surface area (Å²) in [5.74, 6) is 0.108. The molecule has 0 radical (unpaired) electrons. The fourth-order valence-corrected chi connectivity index (χ4v) is 2.31. The monoisotopic (exact) mass is 226 g/mol. The molecule has 0 aliphatic heterocycles. The first-order valence-electron chi connectivity index (χ1n) is 6.47. The molecule has 1 atom stereocenters. The molecule has 1 unspecified atom stereocenters. The molecular weight excluding hydrogens is 200 g/mol. The molecule has 0 aromatic heterocycles. The average Bonchev–Trinajstić information content (AvgIpc) is 2.61. The van der Waals surface area contributed by atoms with E-state index in [0.717, 1.165) is 6.54 Å². The molecule has 1 saturated carbocycles. The van der Waals surface area contributed by atoms with Crippen molar-refractivity contribution in [3.63, 3.8) is 0 Å². The summed E-state index contributed by atoms with van der Waals surface area (Å²) in [6.45, 7) is 9.20. The molecule has 1 fully saturated rings. The Kier molecular flexibility index (Phi) is 4.78. The van der Waals surface area contributed by atoms with Crippen LogP contribution in [0.1, 0.15) is 53.4 Å². The molecule has 3 heteroatoms. The first-order valence-corrected chi connectivity index (χ1v) is 6.47. The van der Waals surface area contributed by atoms with Crippen LogP contribution in [0.15, 0.2) is 0 Å². The third-order valence-corrected chi connectivity index (χ3v) is 3.47. The van der Waals surface area contributed by atoms with Gasteiger partial charge in [0.1, 0.15) is 0 Å². The zero-order chi connectivity index (χ0) is 12.2. The van der Waals surface area contributed by atoms with E-state index in [1.165, 1.54) is 25.7 Å². The van der Waals surface area contributed by atoms with Crippen LogP contribution in [-0.4, -0.2) is 24.5 Å². The second-order valence-corrected chi connectivity index (χ2v) is 5.78. The summed E-state index contributed by atoms with van der Waals surface area (Å²) in [4.78, 5) is 11.7. The third-order valence-electron chi connectivity index (χ3n) is 3.47. The SMILES string of the molecule is CC(C)NC(=O)C(C)NCC1(C)CCCC1. The van der Waals surface area contributed by atoms with Gasteiger partial charge in [-0.1, -0.05) is 19.8 Å². The Morgan fingerprint density at radius 1 is 1.25 bits per heavy atom. The molecule has 1 rings (SSSR count). The Balaban J connectivity index is 2.28. The van der Waals surface area contributed by atoms with E-state index < -0.39 is 0 Å². The number of carbonyl (C=O) groups excluding carboxylic acids is 1. The number of rotatable bonds is 5. The molecule has 0 saturated heterocycles. The molecular formula is C13H26N2O. The van der Waals surface area contributed by atoms with E-state index >= 15 is 0 Å². The van der Waals surface area contributed by atoms with Crippen molar-refractivity contribution in [2.24, 2.45) is 5.41 Å². The fourth-order valence-electron chi connectivity index (χ4n) is 2.31. The smallest absolute Gasteiger partial charge is 0.237 e. The number of nitrogens with one attached hydrogen (secondary N) is 2. The van der Waals surface area contributed by atoms with Crippen LogP contribution in [-0.2, 0) is 4.79 Å². The van der Waals surface area contributed by atoms with Crippen molar-refractivity contribution in [3.05, 3.63) is 0 Å². The van der Waals surface area contributed by atoms with Gasteiger partial charge in [-0.25, -0.2) is 0 Å². The summed E-state index contributed by atoms with van der Waals surface area (Å²) in [6, 6.07) is 0.138. The highest BCUT2D eigenvalue weighted by atomic mass is 16.2. The fraction of sp³-hybridized carbons (Fsp3) is 0.923. The second-order valence-electron chi connectivity index (χ2n) is 5.78. The van der Waals surface area contributed by atoms with Crippen LogP contribution in [0.2, 0.25) is 0 Å². The molecule has 16 heavy (non-hydrogen) atoms. The van der Waals surface area contributed by atoms with Crippen molar-refractivity contribution in [2.75, 3.05) is 6.54 Å². The second kappa shape index (κ2) is 5.67. The summed E-state index contributed by atoms with van der Waals surface area (Å²) < 4.78 is 0. The largest absolute Gasteiger partial charge is 0.353 e. The Morgan fingerprint density at radius 2 is 1.81 bits per heavy atom. The van der Waals surface area contributed by atoms with Crippen molar-refractivity contribution in [2.45, 2.75) is 65.5 Å². The van der Waals surface area contributed by atoms with Crippen LogP contribution < -0.4 is 10.6 Å². The summed E-state index contributed by atoms with van der Waals surface area (Å²) in [6.07, 6.45) is 5.26. The molecule has 0 aromatic carbocycles. The summed E-state index contributed by atoms with van der Waals surface area (Å²) in [7, 11) is 0. The van der Waals surface area contributed by atoms with E-state index in [4.69, 9.17) is 0 Å². The molecule has 0 aromatic rings. The minimum absolute atomic E-state index is 0.0835. The maximum absolute atomic E-state index is 11.7. The van der Waals surface area contributed by atoms with Gasteiger partial charge in [0.15, 0.2) is 0 Å². The summed E-state index contributed by atoms with van der Waals surface area (Å²) in [5.41, 5.74) is 0.409. The van der Waals surface area contributed by atoms with Crippen molar-refractivity contribution in [1.82, 2.24) is 10.6 Å². The van der Waals surface area contributed by atoms with Gasteiger partial charge in [0.05, 0.1) is 6.04 Å². The molecule has 3 nitrogen and oxygen atoms in total.